The van der Waals surface area contributed by atoms with Crippen molar-refractivity contribution in [2.75, 3.05) is 6.54 Å². The Hall–Kier alpha value is -1.27. The lowest BCUT2D eigenvalue weighted by Gasteiger charge is -2.42. The summed E-state index contributed by atoms with van der Waals surface area (Å²) in [6.07, 6.45) is -5.12. The van der Waals surface area contributed by atoms with Gasteiger partial charge in [0.1, 0.15) is 5.54 Å². The van der Waals surface area contributed by atoms with E-state index in [0.717, 1.165) is 4.90 Å². The third kappa shape index (κ3) is 3.14. The minimum absolute atomic E-state index is 0.314. The van der Waals surface area contributed by atoms with Gasteiger partial charge in [0, 0.05) is 6.04 Å². The second-order valence-corrected chi connectivity index (χ2v) is 4.84. The molecule has 0 saturated carbocycles. The minimum Gasteiger partial charge on any atom is -0.340 e. The lowest BCUT2D eigenvalue weighted by molar-refractivity contribution is -0.163. The molecule has 104 valence electrons. The van der Waals surface area contributed by atoms with E-state index in [4.69, 9.17) is 0 Å². The van der Waals surface area contributed by atoms with E-state index in [9.17, 15) is 22.8 Å². The fraction of sp³-hybridized carbons (Fsp3) is 0.818. The highest BCUT2D eigenvalue weighted by Crippen LogP contribution is 2.27. The van der Waals surface area contributed by atoms with Crippen molar-refractivity contribution in [3.63, 3.8) is 0 Å². The Morgan fingerprint density at radius 2 is 2.00 bits per heavy atom. The summed E-state index contributed by atoms with van der Waals surface area (Å²) < 4.78 is 37.0. The van der Waals surface area contributed by atoms with E-state index in [2.05, 4.69) is 5.32 Å². The molecule has 7 heteroatoms. The second-order valence-electron chi connectivity index (χ2n) is 4.84. The van der Waals surface area contributed by atoms with E-state index in [0.29, 0.717) is 6.42 Å². The Morgan fingerprint density at radius 1 is 1.44 bits per heavy atom. The molecule has 2 unspecified atom stereocenters. The van der Waals surface area contributed by atoms with Crippen LogP contribution in [-0.4, -0.2) is 41.0 Å². The summed E-state index contributed by atoms with van der Waals surface area (Å²) >= 11 is 0. The molecular weight excluding hydrogens is 249 g/mol. The molecule has 4 nitrogen and oxygen atoms in total. The molecule has 2 amide bonds. The monoisotopic (exact) mass is 266 g/mol. The van der Waals surface area contributed by atoms with Crippen molar-refractivity contribution in [2.24, 2.45) is 0 Å². The summed E-state index contributed by atoms with van der Waals surface area (Å²) in [6.45, 7) is 4.22. The fourth-order valence-electron chi connectivity index (χ4n) is 1.98. The molecule has 1 N–H and O–H groups in total. The number of amides is 2. The number of halogens is 3. The van der Waals surface area contributed by atoms with Crippen LogP contribution in [0, 0.1) is 0 Å². The molecular formula is C11H17F3N2O2. The first-order chi connectivity index (χ1) is 8.09. The molecule has 2 atom stereocenters. The summed E-state index contributed by atoms with van der Waals surface area (Å²) in [5.41, 5.74) is -1.10. The Morgan fingerprint density at radius 3 is 2.44 bits per heavy atom. The quantitative estimate of drug-likeness (QED) is 0.840. The molecule has 0 radical (unpaired) electrons. The van der Waals surface area contributed by atoms with Crippen LogP contribution in [0.5, 0.6) is 0 Å². The number of alkyl halides is 3. The number of rotatable bonds is 3. The smallest absolute Gasteiger partial charge is 0.340 e. The summed E-state index contributed by atoms with van der Waals surface area (Å²) in [6, 6.07) is -1.03. The molecule has 1 aliphatic heterocycles. The fourth-order valence-corrected chi connectivity index (χ4v) is 1.98. The van der Waals surface area contributed by atoms with Crippen LogP contribution >= 0.6 is 0 Å². The van der Waals surface area contributed by atoms with Crippen LogP contribution in [0.4, 0.5) is 13.2 Å². The van der Waals surface area contributed by atoms with Crippen LogP contribution in [0.1, 0.15) is 33.6 Å². The predicted molar refractivity (Wildman–Crippen MR) is 58.7 cm³/mol. The van der Waals surface area contributed by atoms with Crippen LogP contribution in [-0.2, 0) is 9.59 Å². The summed E-state index contributed by atoms with van der Waals surface area (Å²) in [5, 5.41) is 2.53. The Kier molecular flexibility index (Phi) is 3.92. The van der Waals surface area contributed by atoms with Gasteiger partial charge in [-0.25, -0.2) is 0 Å². The highest BCUT2D eigenvalue weighted by atomic mass is 19.4. The maximum absolute atomic E-state index is 12.3. The van der Waals surface area contributed by atoms with E-state index >= 15 is 0 Å². The third-order valence-electron chi connectivity index (χ3n) is 3.23. The SMILES string of the molecule is CCC1(C)NC(=O)CN(C(C)CC(F)(F)F)C1=O. The van der Waals surface area contributed by atoms with E-state index in [-0.39, 0.29) is 6.54 Å². The molecule has 0 aromatic rings. The number of piperazine rings is 1. The number of carbonyl (C=O) groups is 2. The van der Waals surface area contributed by atoms with E-state index < -0.39 is 36.0 Å². The number of nitrogens with zero attached hydrogens (tertiary/aromatic N) is 1. The van der Waals surface area contributed by atoms with Crippen molar-refractivity contribution >= 4 is 11.8 Å². The van der Waals surface area contributed by atoms with Crippen molar-refractivity contribution in [2.45, 2.75) is 51.4 Å². The highest BCUT2D eigenvalue weighted by Gasteiger charge is 2.45. The van der Waals surface area contributed by atoms with Crippen molar-refractivity contribution < 1.29 is 22.8 Å². The topological polar surface area (TPSA) is 49.4 Å². The molecule has 0 aliphatic carbocycles. The second kappa shape index (κ2) is 4.78. The van der Waals surface area contributed by atoms with Crippen LogP contribution in [0.15, 0.2) is 0 Å². The lowest BCUT2D eigenvalue weighted by Crippen LogP contribution is -2.66. The molecule has 1 fully saturated rings. The van der Waals surface area contributed by atoms with Gasteiger partial charge in [0.25, 0.3) is 0 Å². The maximum atomic E-state index is 12.3. The standard InChI is InChI=1S/C11H17F3N2O2/c1-4-10(3)9(18)16(6-8(17)15-10)7(2)5-11(12,13)14/h7H,4-6H2,1-3H3,(H,15,17). The zero-order valence-electron chi connectivity index (χ0n) is 10.6. The van der Waals surface area contributed by atoms with E-state index in [1.165, 1.54) is 13.8 Å². The van der Waals surface area contributed by atoms with Gasteiger partial charge in [-0.1, -0.05) is 6.92 Å². The van der Waals surface area contributed by atoms with Gasteiger partial charge in [-0.3, -0.25) is 9.59 Å². The summed E-state index contributed by atoms with van der Waals surface area (Å²) in [5.74, 6) is -0.880. The molecule has 1 rings (SSSR count). The zero-order valence-corrected chi connectivity index (χ0v) is 10.6. The van der Waals surface area contributed by atoms with Gasteiger partial charge in [0.2, 0.25) is 11.8 Å². The van der Waals surface area contributed by atoms with Crippen molar-refractivity contribution in [3.05, 3.63) is 0 Å². The Bertz CT molecular complexity index is 357. The van der Waals surface area contributed by atoms with Crippen molar-refractivity contribution in [3.8, 4) is 0 Å². The molecule has 0 spiro atoms. The predicted octanol–water partition coefficient (Wildman–Crippen LogP) is 1.45. The maximum Gasteiger partial charge on any atom is 0.391 e. The number of hydrogen-bond acceptors (Lipinski definition) is 2. The van der Waals surface area contributed by atoms with Gasteiger partial charge >= 0.3 is 6.18 Å². The van der Waals surface area contributed by atoms with Gasteiger partial charge in [-0.15, -0.1) is 0 Å². The van der Waals surface area contributed by atoms with Crippen molar-refractivity contribution in [1.82, 2.24) is 10.2 Å². The molecule has 0 bridgehead atoms. The lowest BCUT2D eigenvalue weighted by atomic mass is 9.93. The average molecular weight is 266 g/mol. The van der Waals surface area contributed by atoms with Gasteiger partial charge in [0.05, 0.1) is 13.0 Å². The first-order valence-corrected chi connectivity index (χ1v) is 5.78. The van der Waals surface area contributed by atoms with Crippen LogP contribution in [0.2, 0.25) is 0 Å². The number of hydrogen-bond donors (Lipinski definition) is 1. The number of carbonyl (C=O) groups excluding carboxylic acids is 2. The minimum atomic E-state index is -4.35. The van der Waals surface area contributed by atoms with E-state index in [1.807, 2.05) is 0 Å². The first-order valence-electron chi connectivity index (χ1n) is 5.78. The van der Waals surface area contributed by atoms with Crippen LogP contribution < -0.4 is 5.32 Å². The number of nitrogens with one attached hydrogen (secondary N) is 1. The average Bonchev–Trinajstić information content (AvgIpc) is 2.20. The molecule has 1 heterocycles. The van der Waals surface area contributed by atoms with Gasteiger partial charge in [0.15, 0.2) is 0 Å². The normalized spacial score (nSPS) is 27.1. The molecule has 0 aromatic carbocycles. The highest BCUT2D eigenvalue weighted by molar-refractivity contribution is 5.97. The van der Waals surface area contributed by atoms with Crippen LogP contribution in [0.3, 0.4) is 0 Å². The first kappa shape index (κ1) is 14.8. The van der Waals surface area contributed by atoms with Gasteiger partial charge in [-0.2, -0.15) is 13.2 Å². The van der Waals surface area contributed by atoms with Gasteiger partial charge in [-0.05, 0) is 20.3 Å². The Balaban J connectivity index is 2.87. The molecule has 1 aliphatic rings. The van der Waals surface area contributed by atoms with Crippen molar-refractivity contribution in [1.29, 1.82) is 0 Å². The molecule has 18 heavy (non-hydrogen) atoms. The molecule has 0 aromatic heterocycles. The molecule has 1 saturated heterocycles. The third-order valence-corrected chi connectivity index (χ3v) is 3.23. The van der Waals surface area contributed by atoms with Crippen LogP contribution in [0.25, 0.3) is 0 Å². The summed E-state index contributed by atoms with van der Waals surface area (Å²) in [4.78, 5) is 24.6. The summed E-state index contributed by atoms with van der Waals surface area (Å²) in [7, 11) is 0. The van der Waals surface area contributed by atoms with Gasteiger partial charge < -0.3 is 10.2 Å². The van der Waals surface area contributed by atoms with E-state index in [1.54, 1.807) is 6.92 Å². The Labute approximate surface area is 104 Å². The largest absolute Gasteiger partial charge is 0.391 e. The zero-order chi connectivity index (χ0) is 14.1.